The van der Waals surface area contributed by atoms with Crippen molar-refractivity contribution < 1.29 is 8.78 Å². The first-order valence-corrected chi connectivity index (χ1v) is 7.82. The van der Waals surface area contributed by atoms with Crippen LogP contribution in [0.15, 0.2) is 46.9 Å². The standard InChI is InChI=1S/C17H18BrF2N/c1-2-8-21-17(10-12-4-3-5-14(18)9-12)13-6-7-15(19)16(20)11-13/h3-7,9,11,17,21H,2,8,10H2,1H3. The summed E-state index contributed by atoms with van der Waals surface area (Å²) >= 11 is 3.45. The third-order valence-electron chi connectivity index (χ3n) is 3.32. The van der Waals surface area contributed by atoms with Gasteiger partial charge in [-0.05, 0) is 54.8 Å². The third kappa shape index (κ3) is 4.61. The highest BCUT2D eigenvalue weighted by Gasteiger charge is 2.14. The summed E-state index contributed by atoms with van der Waals surface area (Å²) in [6.07, 6.45) is 1.71. The molecule has 0 saturated carbocycles. The Labute approximate surface area is 132 Å². The topological polar surface area (TPSA) is 12.0 Å². The van der Waals surface area contributed by atoms with E-state index in [1.807, 2.05) is 24.3 Å². The molecule has 0 aliphatic carbocycles. The van der Waals surface area contributed by atoms with Gasteiger partial charge in [-0.2, -0.15) is 0 Å². The van der Waals surface area contributed by atoms with Crippen molar-refractivity contribution >= 4 is 15.9 Å². The number of halogens is 3. The molecule has 0 radical (unpaired) electrons. The van der Waals surface area contributed by atoms with Crippen molar-refractivity contribution in [2.75, 3.05) is 6.54 Å². The predicted molar refractivity (Wildman–Crippen MR) is 85.2 cm³/mol. The van der Waals surface area contributed by atoms with Gasteiger partial charge in [0.15, 0.2) is 11.6 Å². The second kappa shape index (κ2) is 7.66. The second-order valence-corrected chi connectivity index (χ2v) is 5.93. The number of rotatable bonds is 6. The largest absolute Gasteiger partial charge is 0.310 e. The van der Waals surface area contributed by atoms with Gasteiger partial charge in [-0.3, -0.25) is 0 Å². The molecule has 1 unspecified atom stereocenters. The Hall–Kier alpha value is -1.26. The van der Waals surface area contributed by atoms with Crippen molar-refractivity contribution in [3.8, 4) is 0 Å². The Balaban J connectivity index is 2.22. The van der Waals surface area contributed by atoms with Gasteiger partial charge in [0, 0.05) is 10.5 Å². The molecule has 0 saturated heterocycles. The molecule has 0 bridgehead atoms. The first kappa shape index (κ1) is 16.1. The Bertz CT molecular complexity index is 601. The smallest absolute Gasteiger partial charge is 0.159 e. The van der Waals surface area contributed by atoms with Gasteiger partial charge in [0.25, 0.3) is 0 Å². The van der Waals surface area contributed by atoms with Gasteiger partial charge in [-0.25, -0.2) is 8.78 Å². The van der Waals surface area contributed by atoms with Crippen LogP contribution in [-0.2, 0) is 6.42 Å². The second-order valence-electron chi connectivity index (χ2n) is 5.01. The van der Waals surface area contributed by atoms with Crippen molar-refractivity contribution in [1.82, 2.24) is 5.32 Å². The Kier molecular flexibility index (Phi) is 5.88. The Morgan fingerprint density at radius 2 is 1.90 bits per heavy atom. The minimum Gasteiger partial charge on any atom is -0.310 e. The highest BCUT2D eigenvalue weighted by Crippen LogP contribution is 2.22. The molecule has 0 amide bonds. The van der Waals surface area contributed by atoms with E-state index in [-0.39, 0.29) is 6.04 Å². The summed E-state index contributed by atoms with van der Waals surface area (Å²) in [5.74, 6) is -1.61. The number of benzene rings is 2. The molecule has 0 spiro atoms. The van der Waals surface area contributed by atoms with E-state index in [2.05, 4.69) is 28.2 Å². The maximum absolute atomic E-state index is 13.5. The minimum absolute atomic E-state index is 0.0330. The van der Waals surface area contributed by atoms with Crippen LogP contribution >= 0.6 is 15.9 Å². The summed E-state index contributed by atoms with van der Waals surface area (Å²) in [6.45, 7) is 2.91. The molecule has 0 aliphatic rings. The van der Waals surface area contributed by atoms with Crippen molar-refractivity contribution in [1.29, 1.82) is 0 Å². The minimum atomic E-state index is -0.810. The van der Waals surface area contributed by atoms with Crippen molar-refractivity contribution in [3.63, 3.8) is 0 Å². The fraction of sp³-hybridized carbons (Fsp3) is 0.294. The van der Waals surface area contributed by atoms with Crippen LogP contribution in [0, 0.1) is 11.6 Å². The molecule has 2 aromatic carbocycles. The van der Waals surface area contributed by atoms with E-state index in [1.165, 1.54) is 12.1 Å². The van der Waals surface area contributed by atoms with E-state index >= 15 is 0 Å². The number of nitrogens with one attached hydrogen (secondary N) is 1. The summed E-state index contributed by atoms with van der Waals surface area (Å²) in [7, 11) is 0. The van der Waals surface area contributed by atoms with Gasteiger partial charge in [0.05, 0.1) is 0 Å². The van der Waals surface area contributed by atoms with Crippen LogP contribution in [0.1, 0.15) is 30.5 Å². The first-order chi connectivity index (χ1) is 10.1. The zero-order chi connectivity index (χ0) is 15.2. The quantitative estimate of drug-likeness (QED) is 0.769. The van der Waals surface area contributed by atoms with Crippen LogP contribution in [0.4, 0.5) is 8.78 Å². The Morgan fingerprint density at radius 1 is 1.10 bits per heavy atom. The summed E-state index contributed by atoms with van der Waals surface area (Å²) in [5.41, 5.74) is 1.91. The molecule has 1 N–H and O–H groups in total. The lowest BCUT2D eigenvalue weighted by Gasteiger charge is -2.19. The van der Waals surface area contributed by atoms with Crippen LogP contribution in [0.3, 0.4) is 0 Å². The predicted octanol–water partition coefficient (Wildman–Crippen LogP) is 5.01. The van der Waals surface area contributed by atoms with Crippen LogP contribution in [0.5, 0.6) is 0 Å². The summed E-state index contributed by atoms with van der Waals surface area (Å²) in [6, 6.07) is 12.1. The number of hydrogen-bond acceptors (Lipinski definition) is 1. The molecule has 2 rings (SSSR count). The summed E-state index contributed by atoms with van der Waals surface area (Å²) < 4.78 is 27.6. The van der Waals surface area contributed by atoms with Gasteiger partial charge < -0.3 is 5.32 Å². The summed E-state index contributed by atoms with van der Waals surface area (Å²) in [4.78, 5) is 0. The number of hydrogen-bond donors (Lipinski definition) is 1. The molecule has 4 heteroatoms. The van der Waals surface area contributed by atoms with Gasteiger partial charge in [-0.1, -0.05) is 41.1 Å². The highest BCUT2D eigenvalue weighted by atomic mass is 79.9. The van der Waals surface area contributed by atoms with E-state index < -0.39 is 11.6 Å². The molecule has 0 aromatic heterocycles. The van der Waals surface area contributed by atoms with Crippen molar-refractivity contribution in [2.24, 2.45) is 0 Å². The molecule has 0 aliphatic heterocycles. The highest BCUT2D eigenvalue weighted by molar-refractivity contribution is 9.10. The molecule has 0 heterocycles. The van der Waals surface area contributed by atoms with Gasteiger partial charge in [0.1, 0.15) is 0 Å². The molecular weight excluding hydrogens is 336 g/mol. The van der Waals surface area contributed by atoms with E-state index in [4.69, 9.17) is 0 Å². The van der Waals surface area contributed by atoms with Gasteiger partial charge in [0.2, 0.25) is 0 Å². The van der Waals surface area contributed by atoms with Crippen LogP contribution in [0.2, 0.25) is 0 Å². The van der Waals surface area contributed by atoms with E-state index in [0.717, 1.165) is 35.0 Å². The van der Waals surface area contributed by atoms with Crippen LogP contribution in [-0.4, -0.2) is 6.54 Å². The van der Waals surface area contributed by atoms with Crippen molar-refractivity contribution in [3.05, 3.63) is 69.7 Å². The van der Waals surface area contributed by atoms with Gasteiger partial charge >= 0.3 is 0 Å². The monoisotopic (exact) mass is 353 g/mol. The zero-order valence-electron chi connectivity index (χ0n) is 11.9. The third-order valence-corrected chi connectivity index (χ3v) is 3.81. The lowest BCUT2D eigenvalue weighted by molar-refractivity contribution is 0.493. The molecule has 21 heavy (non-hydrogen) atoms. The maximum atomic E-state index is 13.5. The van der Waals surface area contributed by atoms with Crippen molar-refractivity contribution in [2.45, 2.75) is 25.8 Å². The maximum Gasteiger partial charge on any atom is 0.159 e. The molecule has 1 nitrogen and oxygen atoms in total. The average Bonchev–Trinajstić information content (AvgIpc) is 2.46. The molecule has 1 atom stereocenters. The SMILES string of the molecule is CCCNC(Cc1cccc(Br)c1)c1ccc(F)c(F)c1. The summed E-state index contributed by atoms with van der Waals surface area (Å²) in [5, 5.41) is 3.40. The average molecular weight is 354 g/mol. The fourth-order valence-corrected chi connectivity index (χ4v) is 2.70. The van der Waals surface area contributed by atoms with E-state index in [9.17, 15) is 8.78 Å². The molecular formula is C17H18BrF2N. The van der Waals surface area contributed by atoms with Crippen LogP contribution < -0.4 is 5.32 Å². The normalized spacial score (nSPS) is 12.4. The first-order valence-electron chi connectivity index (χ1n) is 7.03. The van der Waals surface area contributed by atoms with E-state index in [0.29, 0.717) is 0 Å². The van der Waals surface area contributed by atoms with Gasteiger partial charge in [-0.15, -0.1) is 0 Å². The molecule has 0 fully saturated rings. The fourth-order valence-electron chi connectivity index (χ4n) is 2.26. The van der Waals surface area contributed by atoms with Crippen LogP contribution in [0.25, 0.3) is 0 Å². The Morgan fingerprint density at radius 3 is 2.57 bits per heavy atom. The zero-order valence-corrected chi connectivity index (χ0v) is 13.5. The van der Waals surface area contributed by atoms with E-state index in [1.54, 1.807) is 6.07 Å². The molecule has 2 aromatic rings. The lowest BCUT2D eigenvalue weighted by atomic mass is 9.98. The lowest BCUT2D eigenvalue weighted by Crippen LogP contribution is -2.24. The molecule has 112 valence electrons.